The lowest BCUT2D eigenvalue weighted by atomic mass is 9.66. The second-order valence-corrected chi connectivity index (χ2v) is 18.5. The van der Waals surface area contributed by atoms with Gasteiger partial charge >= 0.3 is 0 Å². The molecule has 3 aromatic rings. The van der Waals surface area contributed by atoms with Crippen molar-refractivity contribution >= 4 is 54.8 Å². The number of piperidine rings is 1. The van der Waals surface area contributed by atoms with Crippen LogP contribution in [0.15, 0.2) is 77.7 Å². The van der Waals surface area contributed by atoms with Gasteiger partial charge in [-0.3, -0.25) is 14.3 Å². The van der Waals surface area contributed by atoms with Gasteiger partial charge in [0.1, 0.15) is 0 Å². The molecule has 48 heavy (non-hydrogen) atoms. The first kappa shape index (κ1) is 37.4. The Morgan fingerprint density at radius 1 is 1.00 bits per heavy atom. The van der Waals surface area contributed by atoms with Crippen molar-refractivity contribution < 1.29 is 22.2 Å². The molecule has 0 aromatic heterocycles. The minimum atomic E-state index is -3.83. The third-order valence-corrected chi connectivity index (χ3v) is 13.1. The monoisotopic (exact) mass is 730 g/mol. The number of hydrogen-bond acceptors (Lipinski definition) is 7. The van der Waals surface area contributed by atoms with Crippen LogP contribution in [0.3, 0.4) is 0 Å². The smallest absolute Gasteiger partial charge is 0.233 e. The van der Waals surface area contributed by atoms with Crippen molar-refractivity contribution in [1.29, 1.82) is 10.0 Å². The van der Waals surface area contributed by atoms with Crippen molar-refractivity contribution in [3.05, 3.63) is 99.5 Å². The molecule has 9 nitrogen and oxygen atoms in total. The number of amides is 2. The molecule has 3 aromatic carbocycles. The normalized spacial score (nSPS) is 21.8. The lowest BCUT2D eigenvalue weighted by Crippen LogP contribution is -2.59. The molecule has 1 fully saturated rings. The predicted molar refractivity (Wildman–Crippen MR) is 189 cm³/mol. The van der Waals surface area contributed by atoms with Crippen LogP contribution >= 0.6 is 23.2 Å². The number of carbonyl (C=O) groups is 2. The molecule has 13 heteroatoms. The van der Waals surface area contributed by atoms with Crippen molar-refractivity contribution in [2.75, 3.05) is 5.75 Å². The third kappa shape index (κ3) is 8.23. The highest BCUT2D eigenvalue weighted by Gasteiger charge is 2.53. The van der Waals surface area contributed by atoms with Crippen LogP contribution in [0.1, 0.15) is 76.1 Å². The molecule has 1 aliphatic rings. The zero-order valence-electron chi connectivity index (χ0n) is 27.4. The van der Waals surface area contributed by atoms with Crippen LogP contribution in [-0.4, -0.2) is 46.4 Å². The quantitative estimate of drug-likeness (QED) is 0.212. The first-order valence-electron chi connectivity index (χ1n) is 15.5. The summed E-state index contributed by atoms with van der Waals surface area (Å²) in [5.74, 6) is -2.23. The Labute approximate surface area is 293 Å². The number of rotatable bonds is 11. The van der Waals surface area contributed by atoms with Crippen molar-refractivity contribution in [3.63, 3.8) is 0 Å². The summed E-state index contributed by atoms with van der Waals surface area (Å²) >= 11 is 12.7. The highest BCUT2D eigenvalue weighted by molar-refractivity contribution is 7.92. The number of nitrogens with zero attached hydrogens (tertiary/aromatic N) is 2. The van der Waals surface area contributed by atoms with E-state index >= 15 is 0 Å². The van der Waals surface area contributed by atoms with Gasteiger partial charge in [0, 0.05) is 28.4 Å². The fourth-order valence-electron chi connectivity index (χ4n) is 6.27. The molecule has 2 N–H and O–H groups in total. The first-order chi connectivity index (χ1) is 22.4. The second-order valence-electron chi connectivity index (χ2n) is 13.2. The molecule has 1 saturated heterocycles. The van der Waals surface area contributed by atoms with Crippen molar-refractivity contribution in [2.24, 2.45) is 11.3 Å². The van der Waals surface area contributed by atoms with E-state index < -0.39 is 66.7 Å². The van der Waals surface area contributed by atoms with Crippen LogP contribution in [0.25, 0.3) is 0 Å². The number of nitrogens with one attached hydrogen (secondary N) is 2. The molecule has 1 aliphatic heterocycles. The Balaban J connectivity index is 1.85. The molecule has 0 saturated carbocycles. The van der Waals surface area contributed by atoms with Gasteiger partial charge in [0.25, 0.3) is 0 Å². The third-order valence-electron chi connectivity index (χ3n) is 8.96. The van der Waals surface area contributed by atoms with E-state index in [9.17, 15) is 22.2 Å². The predicted octanol–water partition coefficient (Wildman–Crippen LogP) is 7.30. The summed E-state index contributed by atoms with van der Waals surface area (Å²) in [6.07, 6.45) is -0.248. The minimum Gasteiger partial charge on any atom is -0.330 e. The maximum absolute atomic E-state index is 14.9. The number of carbonyl (C=O) groups excluding carboxylic acids is 2. The molecular formula is C35H40Cl2N4O5S2. The topological polar surface area (TPSA) is 148 Å². The lowest BCUT2D eigenvalue weighted by molar-refractivity contribution is -0.157. The van der Waals surface area contributed by atoms with E-state index in [1.54, 1.807) is 56.0 Å². The molecule has 1 heterocycles. The van der Waals surface area contributed by atoms with E-state index in [2.05, 4.69) is 4.72 Å². The fourth-order valence-corrected chi connectivity index (χ4v) is 9.03. The molecule has 2 unspecified atom stereocenters. The summed E-state index contributed by atoms with van der Waals surface area (Å²) in [5.41, 5.74) is 0.450. The molecule has 2 amide bonds. The van der Waals surface area contributed by atoms with Gasteiger partial charge in [0.15, 0.2) is 19.8 Å². The molecule has 256 valence electrons. The summed E-state index contributed by atoms with van der Waals surface area (Å²) in [5, 5.41) is 9.39. The van der Waals surface area contributed by atoms with Crippen LogP contribution in [0, 0.1) is 27.4 Å². The summed E-state index contributed by atoms with van der Waals surface area (Å²) < 4.78 is 51.0. The molecular weight excluding hydrogens is 691 g/mol. The lowest BCUT2D eigenvalue weighted by Gasteiger charge is -2.53. The van der Waals surface area contributed by atoms with E-state index in [0.717, 1.165) is 11.1 Å². The average Bonchev–Trinajstić information content (AvgIpc) is 3.01. The van der Waals surface area contributed by atoms with Crippen LogP contribution in [0.2, 0.25) is 10.0 Å². The van der Waals surface area contributed by atoms with Gasteiger partial charge in [-0.25, -0.2) is 17.4 Å². The molecule has 0 spiro atoms. The number of likely N-dealkylation sites (tertiary alicyclic amines) is 1. The van der Waals surface area contributed by atoms with E-state index in [4.69, 9.17) is 33.2 Å². The zero-order valence-corrected chi connectivity index (χ0v) is 30.6. The minimum absolute atomic E-state index is 0.00923. The van der Waals surface area contributed by atoms with Crippen LogP contribution in [0.4, 0.5) is 0 Å². The van der Waals surface area contributed by atoms with Gasteiger partial charge in [-0.15, -0.1) is 0 Å². The van der Waals surface area contributed by atoms with Crippen molar-refractivity contribution in [3.8, 4) is 6.07 Å². The van der Waals surface area contributed by atoms with Gasteiger partial charge in [0.05, 0.1) is 39.0 Å². The number of benzene rings is 3. The Hall–Kier alpha value is -3.43. The Bertz CT molecular complexity index is 1930. The highest BCUT2D eigenvalue weighted by Crippen LogP contribution is 2.52. The molecule has 0 aliphatic carbocycles. The number of hydrogen-bond donors (Lipinski definition) is 2. The summed E-state index contributed by atoms with van der Waals surface area (Å²) in [7, 11) is -7.46. The number of nitriles is 1. The van der Waals surface area contributed by atoms with Gasteiger partial charge in [-0.2, -0.15) is 5.26 Å². The van der Waals surface area contributed by atoms with Gasteiger partial charge in [-0.05, 0) is 85.8 Å². The molecule has 5 atom stereocenters. The van der Waals surface area contributed by atoms with Gasteiger partial charge in [0.2, 0.25) is 11.8 Å². The largest absolute Gasteiger partial charge is 0.330 e. The Morgan fingerprint density at radius 2 is 1.62 bits per heavy atom. The first-order valence-corrected chi connectivity index (χ1v) is 19.6. The maximum atomic E-state index is 14.9. The van der Waals surface area contributed by atoms with Crippen LogP contribution in [-0.2, 0) is 29.3 Å². The Morgan fingerprint density at radius 3 is 2.17 bits per heavy atom. The van der Waals surface area contributed by atoms with E-state index in [0.29, 0.717) is 15.6 Å². The maximum Gasteiger partial charge on any atom is 0.233 e. The van der Waals surface area contributed by atoms with Gasteiger partial charge < -0.3 is 4.90 Å². The average molecular weight is 732 g/mol. The molecule has 4 rings (SSSR count). The molecule has 0 radical (unpaired) electrons. The zero-order chi connectivity index (χ0) is 35.6. The van der Waals surface area contributed by atoms with E-state index in [-0.39, 0.29) is 23.0 Å². The van der Waals surface area contributed by atoms with Gasteiger partial charge in [-0.1, -0.05) is 68.2 Å². The summed E-state index contributed by atoms with van der Waals surface area (Å²) in [6.45, 7) is 8.60. The number of halogens is 2. The SMILES string of the molecule is CC(C)C(CS(=O)(=O)C(C)C)N1C(=O)[C@@](C)(CC(=O)NS(=N)(=O)c2ccc(C#N)cc2)C[C@H](c2cccc(Cl)c2)[C@H]1c1ccc(Cl)cc1. The summed E-state index contributed by atoms with van der Waals surface area (Å²) in [4.78, 5) is 30.2. The van der Waals surface area contributed by atoms with Crippen LogP contribution < -0.4 is 4.72 Å². The number of sulfone groups is 1. The second kappa shape index (κ2) is 14.6. The van der Waals surface area contributed by atoms with Crippen molar-refractivity contribution in [1.82, 2.24) is 9.62 Å². The standard InChI is InChI=1S/C35H40Cl2N4O5S2/c1-22(2)31(21-47(44,45)23(3)4)41-33(25-11-13-27(36)14-12-25)30(26-7-6-8-28(37)17-26)18-35(5,34(41)43)19-32(42)40-48(39,46)29-15-9-24(20-38)10-16-29/h6-17,22-23,30-31,33H,18-19,21H2,1-5H3,(H2,39,40,42,46)/t30-,31?,33-,35-,48?/m1/s1. The van der Waals surface area contributed by atoms with Crippen LogP contribution in [0.5, 0.6) is 0 Å². The molecule has 0 bridgehead atoms. The van der Waals surface area contributed by atoms with E-state index in [1.165, 1.54) is 24.3 Å². The highest BCUT2D eigenvalue weighted by atomic mass is 35.5. The van der Waals surface area contributed by atoms with Crippen molar-refractivity contribution in [2.45, 2.75) is 75.6 Å². The fraction of sp³-hybridized carbons (Fsp3) is 0.400. The van der Waals surface area contributed by atoms with E-state index in [1.807, 2.05) is 38.1 Å². The summed E-state index contributed by atoms with van der Waals surface area (Å²) in [6, 6.07) is 20.4. The Kier molecular flexibility index (Phi) is 11.4.